The number of nitrogens with zero attached hydrogens (tertiary/aromatic N) is 1. The average molecular weight is 317 g/mol. The molecule has 2 rings (SSSR count). The van der Waals surface area contributed by atoms with E-state index in [1.165, 1.54) is 0 Å². The Kier molecular flexibility index (Phi) is 5.02. The van der Waals surface area contributed by atoms with Crippen LogP contribution in [0.1, 0.15) is 25.3 Å². The molecule has 1 saturated heterocycles. The maximum Gasteiger partial charge on any atom is 0.417 e. The van der Waals surface area contributed by atoms with Gasteiger partial charge in [-0.3, -0.25) is 4.90 Å². The third kappa shape index (κ3) is 3.73. The topological polar surface area (TPSA) is 32.7 Å². The van der Waals surface area contributed by atoms with Crippen LogP contribution in [0.5, 0.6) is 5.75 Å². The summed E-state index contributed by atoms with van der Waals surface area (Å²) in [4.78, 5) is 1.97. The molecule has 0 radical (unpaired) electrons. The minimum Gasteiger partial charge on any atom is -0.497 e. The van der Waals surface area contributed by atoms with Crippen molar-refractivity contribution in [2.75, 3.05) is 20.2 Å². The van der Waals surface area contributed by atoms with Crippen molar-refractivity contribution in [3.05, 3.63) is 29.8 Å². The molecule has 1 aromatic carbocycles. The molecule has 1 N–H and O–H groups in total. The fourth-order valence-corrected chi connectivity index (χ4v) is 2.88. The molecular weight excluding hydrogens is 295 g/mol. The molecule has 6 heteroatoms. The lowest BCUT2D eigenvalue weighted by molar-refractivity contribution is -0.276. The van der Waals surface area contributed by atoms with Crippen LogP contribution in [0.2, 0.25) is 0 Å². The number of rotatable bonds is 4. The van der Waals surface area contributed by atoms with Gasteiger partial charge >= 0.3 is 6.18 Å². The van der Waals surface area contributed by atoms with Crippen molar-refractivity contribution in [3.8, 4) is 5.75 Å². The van der Waals surface area contributed by atoms with E-state index in [1.54, 1.807) is 7.11 Å². The molecular formula is C16H22F3NO2. The summed E-state index contributed by atoms with van der Waals surface area (Å²) in [5, 5.41) is 9.86. The number of methoxy groups -OCH3 is 1. The molecule has 2 unspecified atom stereocenters. The lowest BCUT2D eigenvalue weighted by Gasteiger charge is -2.41. The predicted molar refractivity (Wildman–Crippen MR) is 77.7 cm³/mol. The number of likely N-dealkylation sites (tertiary alicyclic amines) is 1. The van der Waals surface area contributed by atoms with Crippen LogP contribution in [-0.4, -0.2) is 42.0 Å². The van der Waals surface area contributed by atoms with E-state index < -0.39 is 17.7 Å². The Labute approximate surface area is 128 Å². The predicted octanol–water partition coefficient (Wildman–Crippen LogP) is 3.22. The van der Waals surface area contributed by atoms with Crippen molar-refractivity contribution in [3.63, 3.8) is 0 Å². The smallest absolute Gasteiger partial charge is 0.417 e. The largest absolute Gasteiger partial charge is 0.497 e. The number of halogens is 3. The Morgan fingerprint density at radius 3 is 2.45 bits per heavy atom. The summed E-state index contributed by atoms with van der Waals surface area (Å²) in [5.74, 6) is -0.0419. The number of ether oxygens (including phenoxy) is 1. The highest BCUT2D eigenvalue weighted by Crippen LogP contribution is 2.39. The molecule has 2 atom stereocenters. The van der Waals surface area contributed by atoms with Gasteiger partial charge in [-0.15, -0.1) is 0 Å². The van der Waals surface area contributed by atoms with Gasteiger partial charge in [0, 0.05) is 19.0 Å². The van der Waals surface area contributed by atoms with Crippen LogP contribution in [0, 0.1) is 5.92 Å². The summed E-state index contributed by atoms with van der Waals surface area (Å²) >= 11 is 0. The van der Waals surface area contributed by atoms with E-state index in [-0.39, 0.29) is 6.54 Å². The van der Waals surface area contributed by atoms with Crippen molar-refractivity contribution in [2.45, 2.75) is 38.1 Å². The van der Waals surface area contributed by atoms with E-state index in [0.29, 0.717) is 19.4 Å². The molecule has 1 aromatic rings. The van der Waals surface area contributed by atoms with Crippen LogP contribution in [0.4, 0.5) is 13.2 Å². The fraction of sp³-hybridized carbons (Fsp3) is 0.625. The zero-order valence-corrected chi connectivity index (χ0v) is 12.9. The van der Waals surface area contributed by atoms with E-state index in [0.717, 1.165) is 24.8 Å². The highest BCUT2D eigenvalue weighted by Gasteiger charge is 2.55. The van der Waals surface area contributed by atoms with Gasteiger partial charge in [-0.1, -0.05) is 12.1 Å². The summed E-state index contributed by atoms with van der Waals surface area (Å²) in [6.45, 7) is 2.46. The Bertz CT molecular complexity index is 485. The lowest BCUT2D eigenvalue weighted by Crippen LogP contribution is -2.54. The van der Waals surface area contributed by atoms with Crippen molar-refractivity contribution in [1.29, 1.82) is 0 Å². The minimum absolute atomic E-state index is 0.249. The van der Waals surface area contributed by atoms with Gasteiger partial charge in [0.1, 0.15) is 5.75 Å². The van der Waals surface area contributed by atoms with Crippen molar-refractivity contribution in [2.24, 2.45) is 5.92 Å². The normalized spacial score (nSPS) is 23.1. The molecule has 1 aliphatic heterocycles. The van der Waals surface area contributed by atoms with E-state index in [2.05, 4.69) is 0 Å². The van der Waals surface area contributed by atoms with Gasteiger partial charge in [0.15, 0.2) is 5.60 Å². The summed E-state index contributed by atoms with van der Waals surface area (Å²) in [7, 11) is 1.59. The number of alkyl halides is 3. The maximum absolute atomic E-state index is 13.0. The van der Waals surface area contributed by atoms with Gasteiger partial charge in [-0.25, -0.2) is 0 Å². The first-order chi connectivity index (χ1) is 10.2. The zero-order valence-electron chi connectivity index (χ0n) is 12.9. The molecule has 1 fully saturated rings. The van der Waals surface area contributed by atoms with E-state index >= 15 is 0 Å². The fourth-order valence-electron chi connectivity index (χ4n) is 2.88. The first-order valence-electron chi connectivity index (χ1n) is 7.38. The second-order valence-corrected chi connectivity index (χ2v) is 6.07. The molecule has 0 aromatic heterocycles. The van der Waals surface area contributed by atoms with Crippen LogP contribution < -0.4 is 4.74 Å². The zero-order chi connectivity index (χ0) is 16.4. The van der Waals surface area contributed by atoms with Crippen molar-refractivity contribution in [1.82, 2.24) is 4.90 Å². The SMILES string of the molecule is COc1ccc(CN2CCCC(C(C)(O)C(F)(F)F)C2)cc1. The maximum atomic E-state index is 13.0. The van der Waals surface area contributed by atoms with Gasteiger partial charge in [-0.2, -0.15) is 13.2 Å². The van der Waals surface area contributed by atoms with Gasteiger partial charge in [-0.05, 0) is 44.0 Å². The van der Waals surface area contributed by atoms with Crippen molar-refractivity contribution < 1.29 is 23.0 Å². The standard InChI is InChI=1S/C16H22F3NO2/c1-15(21,16(17,18)19)13-4-3-9-20(11-13)10-12-5-7-14(22-2)8-6-12/h5-8,13,21H,3-4,9-11H2,1-2H3. The van der Waals surface area contributed by atoms with Crippen LogP contribution in [0.15, 0.2) is 24.3 Å². The Hall–Kier alpha value is -1.27. The second-order valence-electron chi connectivity index (χ2n) is 6.07. The molecule has 0 aliphatic carbocycles. The van der Waals surface area contributed by atoms with Gasteiger partial charge in [0.25, 0.3) is 0 Å². The molecule has 3 nitrogen and oxygen atoms in total. The highest BCUT2D eigenvalue weighted by atomic mass is 19.4. The molecule has 0 spiro atoms. The molecule has 0 bridgehead atoms. The van der Waals surface area contributed by atoms with Gasteiger partial charge in [0.05, 0.1) is 7.11 Å². The summed E-state index contributed by atoms with van der Waals surface area (Å²) in [6, 6.07) is 7.49. The number of benzene rings is 1. The van der Waals surface area contributed by atoms with Crippen LogP contribution in [-0.2, 0) is 6.54 Å². The van der Waals surface area contributed by atoms with Crippen LogP contribution in [0.25, 0.3) is 0 Å². The number of hydrogen-bond donors (Lipinski definition) is 1. The quantitative estimate of drug-likeness (QED) is 0.925. The summed E-state index contributed by atoms with van der Waals surface area (Å²) < 4.78 is 44.0. The number of piperidine rings is 1. The molecule has 1 heterocycles. The molecule has 0 amide bonds. The lowest BCUT2D eigenvalue weighted by atomic mass is 9.82. The Morgan fingerprint density at radius 2 is 1.91 bits per heavy atom. The summed E-state index contributed by atoms with van der Waals surface area (Å²) in [5.41, 5.74) is -1.61. The summed E-state index contributed by atoms with van der Waals surface area (Å²) in [6.07, 6.45) is -3.54. The van der Waals surface area contributed by atoms with Crippen LogP contribution in [0.3, 0.4) is 0 Å². The van der Waals surface area contributed by atoms with Crippen molar-refractivity contribution >= 4 is 0 Å². The van der Waals surface area contributed by atoms with Gasteiger partial charge in [0.2, 0.25) is 0 Å². The monoisotopic (exact) mass is 317 g/mol. The van der Waals surface area contributed by atoms with E-state index in [9.17, 15) is 18.3 Å². The molecule has 22 heavy (non-hydrogen) atoms. The number of aliphatic hydroxyl groups is 1. The number of hydrogen-bond acceptors (Lipinski definition) is 3. The first kappa shape index (κ1) is 17.1. The highest BCUT2D eigenvalue weighted by molar-refractivity contribution is 5.27. The molecule has 1 aliphatic rings. The van der Waals surface area contributed by atoms with E-state index in [4.69, 9.17) is 4.74 Å². The Balaban J connectivity index is 2.01. The van der Waals surface area contributed by atoms with Gasteiger partial charge < -0.3 is 9.84 Å². The Morgan fingerprint density at radius 1 is 1.27 bits per heavy atom. The van der Waals surface area contributed by atoms with Crippen LogP contribution >= 0.6 is 0 Å². The third-order valence-corrected chi connectivity index (χ3v) is 4.44. The second kappa shape index (κ2) is 6.46. The molecule has 124 valence electrons. The van der Waals surface area contributed by atoms with E-state index in [1.807, 2.05) is 29.2 Å². The minimum atomic E-state index is -4.60. The first-order valence-corrected chi connectivity index (χ1v) is 7.38. The molecule has 0 saturated carbocycles. The third-order valence-electron chi connectivity index (χ3n) is 4.44. The average Bonchev–Trinajstić information content (AvgIpc) is 2.47.